The summed E-state index contributed by atoms with van der Waals surface area (Å²) in [5.74, 6) is -0.643. The summed E-state index contributed by atoms with van der Waals surface area (Å²) in [6, 6.07) is 8.97. The second-order valence-corrected chi connectivity index (χ2v) is 7.12. The third-order valence-corrected chi connectivity index (χ3v) is 4.53. The van der Waals surface area contributed by atoms with Gasteiger partial charge in [-0.2, -0.15) is 0 Å². The number of fused-ring (bicyclic) bond motifs is 1. The van der Waals surface area contributed by atoms with Crippen LogP contribution in [0.3, 0.4) is 0 Å². The van der Waals surface area contributed by atoms with Crippen molar-refractivity contribution in [2.24, 2.45) is 5.41 Å². The van der Waals surface area contributed by atoms with Gasteiger partial charge in [0.2, 0.25) is 5.91 Å². The molecular formula is C17H21NO4. The average molecular weight is 303 g/mol. The third kappa shape index (κ3) is 1.96. The van der Waals surface area contributed by atoms with Crippen molar-refractivity contribution in [1.29, 1.82) is 0 Å². The molecular weight excluding hydrogens is 282 g/mol. The summed E-state index contributed by atoms with van der Waals surface area (Å²) in [4.78, 5) is 26.5. The SMILES string of the molecule is CC(C)(C)[C@H]1OC(=O)[C@@]2(C(O)c3ccccc3)CCC(=O)N12. The van der Waals surface area contributed by atoms with Gasteiger partial charge in [-0.05, 0) is 12.0 Å². The van der Waals surface area contributed by atoms with Gasteiger partial charge in [-0.15, -0.1) is 0 Å². The van der Waals surface area contributed by atoms with Crippen LogP contribution in [0.2, 0.25) is 0 Å². The minimum atomic E-state index is -1.30. The van der Waals surface area contributed by atoms with Crippen LogP contribution in [-0.4, -0.2) is 33.6 Å². The molecule has 1 N–H and O–H groups in total. The second-order valence-electron chi connectivity index (χ2n) is 7.12. The molecule has 1 amide bonds. The number of ether oxygens (including phenoxy) is 1. The van der Waals surface area contributed by atoms with Crippen molar-refractivity contribution in [3.63, 3.8) is 0 Å². The first-order chi connectivity index (χ1) is 10.3. The molecule has 3 rings (SSSR count). The summed E-state index contributed by atoms with van der Waals surface area (Å²) in [6.45, 7) is 5.75. The lowest BCUT2D eigenvalue weighted by Crippen LogP contribution is -2.54. The number of hydrogen-bond donors (Lipinski definition) is 1. The Morgan fingerprint density at radius 1 is 1.27 bits per heavy atom. The highest BCUT2D eigenvalue weighted by Crippen LogP contribution is 2.50. The summed E-state index contributed by atoms with van der Waals surface area (Å²) in [5.41, 5.74) is -1.08. The molecule has 3 atom stereocenters. The van der Waals surface area contributed by atoms with E-state index in [4.69, 9.17) is 4.74 Å². The monoisotopic (exact) mass is 303 g/mol. The van der Waals surface area contributed by atoms with Crippen LogP contribution in [0, 0.1) is 5.41 Å². The Morgan fingerprint density at radius 3 is 2.50 bits per heavy atom. The molecule has 1 aromatic carbocycles. The van der Waals surface area contributed by atoms with Crippen LogP contribution < -0.4 is 0 Å². The van der Waals surface area contributed by atoms with E-state index >= 15 is 0 Å². The molecule has 5 nitrogen and oxygen atoms in total. The molecule has 22 heavy (non-hydrogen) atoms. The zero-order chi connectivity index (χ0) is 16.1. The number of nitrogens with zero attached hydrogens (tertiary/aromatic N) is 1. The van der Waals surface area contributed by atoms with Crippen LogP contribution in [0.25, 0.3) is 0 Å². The van der Waals surface area contributed by atoms with Gasteiger partial charge in [-0.3, -0.25) is 9.69 Å². The number of cyclic esters (lactones) is 1. The lowest BCUT2D eigenvalue weighted by molar-refractivity contribution is -0.152. The third-order valence-electron chi connectivity index (χ3n) is 4.53. The molecule has 2 saturated heterocycles. The molecule has 0 radical (unpaired) electrons. The predicted octanol–water partition coefficient (Wildman–Crippen LogP) is 2.01. The Balaban J connectivity index is 2.07. The lowest BCUT2D eigenvalue weighted by Gasteiger charge is -2.37. The number of rotatable bonds is 2. The largest absolute Gasteiger partial charge is 0.439 e. The molecule has 5 heteroatoms. The van der Waals surface area contributed by atoms with Crippen molar-refractivity contribution in [3.8, 4) is 0 Å². The number of esters is 1. The van der Waals surface area contributed by atoms with Gasteiger partial charge in [0.05, 0.1) is 0 Å². The zero-order valence-corrected chi connectivity index (χ0v) is 13.1. The lowest BCUT2D eigenvalue weighted by atomic mass is 9.84. The Labute approximate surface area is 129 Å². The topological polar surface area (TPSA) is 66.8 Å². The minimum absolute atomic E-state index is 0.138. The second kappa shape index (κ2) is 4.81. The van der Waals surface area contributed by atoms with E-state index in [1.807, 2.05) is 26.8 Å². The zero-order valence-electron chi connectivity index (χ0n) is 13.1. The van der Waals surface area contributed by atoms with Crippen LogP contribution >= 0.6 is 0 Å². The highest BCUT2D eigenvalue weighted by Gasteiger charge is 2.66. The van der Waals surface area contributed by atoms with Gasteiger partial charge in [-0.25, -0.2) is 4.79 Å². The molecule has 0 spiro atoms. The summed E-state index contributed by atoms with van der Waals surface area (Å²) in [6.07, 6.45) is -1.19. The van der Waals surface area contributed by atoms with Crippen LogP contribution in [-0.2, 0) is 14.3 Å². The van der Waals surface area contributed by atoms with Gasteiger partial charge in [0.1, 0.15) is 6.10 Å². The maximum atomic E-state index is 12.6. The van der Waals surface area contributed by atoms with E-state index in [1.165, 1.54) is 4.90 Å². The first-order valence-electron chi connectivity index (χ1n) is 7.55. The average Bonchev–Trinajstić information content (AvgIpc) is 2.97. The molecule has 1 unspecified atom stereocenters. The standard InChI is InChI=1S/C17H21NO4/c1-16(2,3)14-18-12(19)9-10-17(18,15(21)22-14)13(20)11-7-5-4-6-8-11/h4-8,13-14,20H,9-10H2,1-3H3/t13?,14-,17+/m1/s1. The molecule has 2 fully saturated rings. The Morgan fingerprint density at radius 2 is 1.91 bits per heavy atom. The van der Waals surface area contributed by atoms with E-state index in [9.17, 15) is 14.7 Å². The van der Waals surface area contributed by atoms with Crippen LogP contribution in [0.1, 0.15) is 45.3 Å². The molecule has 0 saturated carbocycles. The van der Waals surface area contributed by atoms with Crippen molar-refractivity contribution >= 4 is 11.9 Å². The van der Waals surface area contributed by atoms with Crippen molar-refractivity contribution in [2.45, 2.75) is 51.5 Å². The van der Waals surface area contributed by atoms with Crippen molar-refractivity contribution in [1.82, 2.24) is 4.90 Å². The number of benzene rings is 1. The maximum Gasteiger partial charge on any atom is 0.337 e. The van der Waals surface area contributed by atoms with E-state index in [-0.39, 0.29) is 18.7 Å². The summed E-state index contributed by atoms with van der Waals surface area (Å²) >= 11 is 0. The van der Waals surface area contributed by atoms with Crippen LogP contribution in [0.15, 0.2) is 30.3 Å². The highest BCUT2D eigenvalue weighted by molar-refractivity contribution is 5.95. The first-order valence-corrected chi connectivity index (χ1v) is 7.55. The molecule has 2 aliphatic rings. The van der Waals surface area contributed by atoms with Crippen LogP contribution in [0.5, 0.6) is 0 Å². The van der Waals surface area contributed by atoms with Crippen molar-refractivity contribution < 1.29 is 19.4 Å². The van der Waals surface area contributed by atoms with Gasteiger partial charge < -0.3 is 9.84 Å². The number of amides is 1. The van der Waals surface area contributed by atoms with Gasteiger partial charge in [-0.1, -0.05) is 51.1 Å². The van der Waals surface area contributed by atoms with E-state index in [0.717, 1.165) is 0 Å². The van der Waals surface area contributed by atoms with Crippen molar-refractivity contribution in [2.75, 3.05) is 0 Å². The Bertz CT molecular complexity index is 607. The molecule has 2 aliphatic heterocycles. The predicted molar refractivity (Wildman–Crippen MR) is 79.5 cm³/mol. The van der Waals surface area contributed by atoms with E-state index in [2.05, 4.69) is 0 Å². The van der Waals surface area contributed by atoms with Crippen LogP contribution in [0.4, 0.5) is 0 Å². The number of carbonyl (C=O) groups excluding carboxylic acids is 2. The number of hydrogen-bond acceptors (Lipinski definition) is 4. The smallest absolute Gasteiger partial charge is 0.337 e. The van der Waals surface area contributed by atoms with Gasteiger partial charge in [0.25, 0.3) is 0 Å². The van der Waals surface area contributed by atoms with Gasteiger partial charge >= 0.3 is 5.97 Å². The fraction of sp³-hybridized carbons (Fsp3) is 0.529. The summed E-state index contributed by atoms with van der Waals surface area (Å²) in [5, 5.41) is 10.9. The molecule has 2 heterocycles. The quantitative estimate of drug-likeness (QED) is 0.849. The van der Waals surface area contributed by atoms with E-state index in [1.54, 1.807) is 24.3 Å². The Kier molecular flexibility index (Phi) is 3.29. The number of carbonyl (C=O) groups is 2. The fourth-order valence-corrected chi connectivity index (χ4v) is 3.41. The molecule has 1 aromatic rings. The Hall–Kier alpha value is -1.88. The first kappa shape index (κ1) is 15.0. The van der Waals surface area contributed by atoms with Crippen molar-refractivity contribution in [3.05, 3.63) is 35.9 Å². The molecule has 0 bridgehead atoms. The van der Waals surface area contributed by atoms with E-state index < -0.39 is 29.3 Å². The maximum absolute atomic E-state index is 12.6. The van der Waals surface area contributed by atoms with E-state index in [0.29, 0.717) is 5.56 Å². The minimum Gasteiger partial charge on any atom is -0.439 e. The fourth-order valence-electron chi connectivity index (χ4n) is 3.41. The molecule has 118 valence electrons. The number of aliphatic hydroxyl groups excluding tert-OH is 1. The molecule has 0 aromatic heterocycles. The normalized spacial score (nSPS) is 29.5. The molecule has 0 aliphatic carbocycles. The van der Waals surface area contributed by atoms with Gasteiger partial charge in [0.15, 0.2) is 11.8 Å². The summed E-state index contributed by atoms with van der Waals surface area (Å²) in [7, 11) is 0. The highest BCUT2D eigenvalue weighted by atomic mass is 16.6. The summed E-state index contributed by atoms with van der Waals surface area (Å²) < 4.78 is 5.52. The van der Waals surface area contributed by atoms with Gasteiger partial charge in [0, 0.05) is 11.8 Å². The number of aliphatic hydroxyl groups is 1.